The van der Waals surface area contributed by atoms with Gasteiger partial charge < -0.3 is 10.2 Å². The van der Waals surface area contributed by atoms with Crippen LogP contribution in [0.3, 0.4) is 0 Å². The van der Waals surface area contributed by atoms with Crippen LogP contribution in [-0.2, 0) is 0 Å². The van der Waals surface area contributed by atoms with Crippen LogP contribution in [0.15, 0.2) is 18.2 Å². The SMILES string of the molecule is Cc1ccc(C(=O)N2CCNCC2C)cc1Cl.Cl. The van der Waals surface area contributed by atoms with Gasteiger partial charge in [0.2, 0.25) is 0 Å². The molecule has 0 saturated carbocycles. The molecule has 1 aliphatic heterocycles. The van der Waals surface area contributed by atoms with Crippen LogP contribution in [0.5, 0.6) is 0 Å². The summed E-state index contributed by atoms with van der Waals surface area (Å²) in [5.41, 5.74) is 1.67. The lowest BCUT2D eigenvalue weighted by molar-refractivity contribution is 0.0656. The largest absolute Gasteiger partial charge is 0.333 e. The Kier molecular flexibility index (Phi) is 5.45. The first-order valence-corrected chi connectivity index (χ1v) is 6.25. The molecule has 1 amide bonds. The summed E-state index contributed by atoms with van der Waals surface area (Å²) in [7, 11) is 0. The molecule has 2 rings (SSSR count). The van der Waals surface area contributed by atoms with E-state index in [-0.39, 0.29) is 24.4 Å². The maximum Gasteiger partial charge on any atom is 0.254 e. The van der Waals surface area contributed by atoms with Crippen molar-refractivity contribution in [3.8, 4) is 0 Å². The lowest BCUT2D eigenvalue weighted by Crippen LogP contribution is -2.52. The van der Waals surface area contributed by atoms with Gasteiger partial charge in [0.05, 0.1) is 0 Å². The van der Waals surface area contributed by atoms with E-state index in [1.165, 1.54) is 0 Å². The molecule has 1 atom stereocenters. The van der Waals surface area contributed by atoms with Crippen LogP contribution >= 0.6 is 24.0 Å². The maximum absolute atomic E-state index is 12.3. The van der Waals surface area contributed by atoms with Crippen molar-refractivity contribution in [2.45, 2.75) is 19.9 Å². The molecule has 3 nitrogen and oxygen atoms in total. The number of benzene rings is 1. The molecule has 1 aliphatic rings. The summed E-state index contributed by atoms with van der Waals surface area (Å²) in [6.07, 6.45) is 0. The number of carbonyl (C=O) groups excluding carboxylic acids is 1. The third-order valence-electron chi connectivity index (χ3n) is 3.18. The van der Waals surface area contributed by atoms with Crippen LogP contribution in [0.1, 0.15) is 22.8 Å². The van der Waals surface area contributed by atoms with Crippen molar-refractivity contribution in [2.24, 2.45) is 0 Å². The number of amides is 1. The standard InChI is InChI=1S/C13H17ClN2O.ClH/c1-9-3-4-11(7-12(9)14)13(17)16-6-5-15-8-10(16)2;/h3-4,7,10,15H,5-6,8H2,1-2H3;1H. The van der Waals surface area contributed by atoms with E-state index < -0.39 is 0 Å². The van der Waals surface area contributed by atoms with Crippen molar-refractivity contribution in [3.63, 3.8) is 0 Å². The van der Waals surface area contributed by atoms with E-state index in [0.29, 0.717) is 10.6 Å². The third kappa shape index (κ3) is 3.16. The molecule has 0 aliphatic carbocycles. The minimum Gasteiger partial charge on any atom is -0.333 e. The fourth-order valence-corrected chi connectivity index (χ4v) is 2.22. The Morgan fingerprint density at radius 3 is 2.83 bits per heavy atom. The van der Waals surface area contributed by atoms with Crippen LogP contribution in [0.4, 0.5) is 0 Å². The predicted molar refractivity (Wildman–Crippen MR) is 76.8 cm³/mol. The highest BCUT2D eigenvalue weighted by Gasteiger charge is 2.24. The van der Waals surface area contributed by atoms with Crippen molar-refractivity contribution in [2.75, 3.05) is 19.6 Å². The number of nitrogens with zero attached hydrogens (tertiary/aromatic N) is 1. The second kappa shape index (κ2) is 6.41. The molecule has 0 aromatic heterocycles. The molecule has 1 heterocycles. The van der Waals surface area contributed by atoms with Crippen molar-refractivity contribution in [3.05, 3.63) is 34.3 Å². The minimum atomic E-state index is 0. The number of aryl methyl sites for hydroxylation is 1. The van der Waals surface area contributed by atoms with Gasteiger partial charge in [0.15, 0.2) is 0 Å². The Labute approximate surface area is 119 Å². The number of hydrogen-bond acceptors (Lipinski definition) is 2. The summed E-state index contributed by atoms with van der Waals surface area (Å²) in [6, 6.07) is 5.73. The van der Waals surface area contributed by atoms with Crippen molar-refractivity contribution >= 4 is 29.9 Å². The third-order valence-corrected chi connectivity index (χ3v) is 3.59. The number of rotatable bonds is 1. The number of piperazine rings is 1. The zero-order valence-corrected chi connectivity index (χ0v) is 12.1. The van der Waals surface area contributed by atoms with E-state index in [4.69, 9.17) is 11.6 Å². The Bertz CT molecular complexity index is 437. The first-order valence-electron chi connectivity index (χ1n) is 5.87. The molecule has 100 valence electrons. The molecule has 1 aromatic carbocycles. The maximum atomic E-state index is 12.3. The number of nitrogens with one attached hydrogen (secondary N) is 1. The van der Waals surface area contributed by atoms with E-state index in [9.17, 15) is 4.79 Å². The Balaban J connectivity index is 0.00000162. The molecule has 0 bridgehead atoms. The summed E-state index contributed by atoms with van der Waals surface area (Å²) in [5.74, 6) is 0.0703. The highest BCUT2D eigenvalue weighted by molar-refractivity contribution is 6.31. The fourth-order valence-electron chi connectivity index (χ4n) is 2.03. The lowest BCUT2D eigenvalue weighted by atomic mass is 10.1. The van der Waals surface area contributed by atoms with Crippen LogP contribution in [-0.4, -0.2) is 36.5 Å². The average molecular weight is 289 g/mol. The van der Waals surface area contributed by atoms with Gasteiger partial charge in [-0.25, -0.2) is 0 Å². The Morgan fingerprint density at radius 1 is 1.50 bits per heavy atom. The normalized spacial score (nSPS) is 19.3. The molecule has 18 heavy (non-hydrogen) atoms. The van der Waals surface area contributed by atoms with E-state index >= 15 is 0 Å². The van der Waals surface area contributed by atoms with Crippen molar-refractivity contribution < 1.29 is 4.79 Å². The average Bonchev–Trinajstić information content (AvgIpc) is 2.32. The van der Waals surface area contributed by atoms with E-state index in [1.807, 2.05) is 24.0 Å². The topological polar surface area (TPSA) is 32.3 Å². The van der Waals surface area contributed by atoms with Crippen LogP contribution < -0.4 is 5.32 Å². The van der Waals surface area contributed by atoms with Gasteiger partial charge in [-0.1, -0.05) is 17.7 Å². The first kappa shape index (κ1) is 15.3. The van der Waals surface area contributed by atoms with Gasteiger partial charge in [0, 0.05) is 36.3 Å². The summed E-state index contributed by atoms with van der Waals surface area (Å²) in [5, 5.41) is 3.92. The number of carbonyl (C=O) groups is 1. The predicted octanol–water partition coefficient (Wildman–Crippen LogP) is 2.50. The van der Waals surface area contributed by atoms with Crippen molar-refractivity contribution in [1.82, 2.24) is 10.2 Å². The zero-order chi connectivity index (χ0) is 12.4. The van der Waals surface area contributed by atoms with Crippen LogP contribution in [0.2, 0.25) is 5.02 Å². The molecule has 1 N–H and O–H groups in total. The quantitative estimate of drug-likeness (QED) is 0.861. The summed E-state index contributed by atoms with van der Waals surface area (Å²) >= 11 is 6.05. The van der Waals surface area contributed by atoms with E-state index in [0.717, 1.165) is 25.2 Å². The number of halogens is 2. The summed E-state index contributed by atoms with van der Waals surface area (Å²) < 4.78 is 0. The van der Waals surface area contributed by atoms with Gasteiger partial charge in [-0.3, -0.25) is 4.79 Å². The molecule has 1 aromatic rings. The molecule has 1 fully saturated rings. The Hall–Kier alpha value is -0.770. The summed E-state index contributed by atoms with van der Waals surface area (Å²) in [6.45, 7) is 6.45. The first-order chi connectivity index (χ1) is 8.09. The second-order valence-corrected chi connectivity index (χ2v) is 4.92. The van der Waals surface area contributed by atoms with Gasteiger partial charge >= 0.3 is 0 Å². The zero-order valence-electron chi connectivity index (χ0n) is 10.6. The molecule has 1 unspecified atom stereocenters. The van der Waals surface area contributed by atoms with Crippen LogP contribution in [0, 0.1) is 6.92 Å². The lowest BCUT2D eigenvalue weighted by Gasteiger charge is -2.34. The second-order valence-electron chi connectivity index (χ2n) is 4.52. The van der Waals surface area contributed by atoms with Gasteiger partial charge in [-0.15, -0.1) is 12.4 Å². The van der Waals surface area contributed by atoms with Gasteiger partial charge in [-0.05, 0) is 31.5 Å². The summed E-state index contributed by atoms with van der Waals surface area (Å²) in [4.78, 5) is 14.2. The molecule has 0 radical (unpaired) electrons. The monoisotopic (exact) mass is 288 g/mol. The van der Waals surface area contributed by atoms with Gasteiger partial charge in [-0.2, -0.15) is 0 Å². The smallest absolute Gasteiger partial charge is 0.254 e. The number of hydrogen-bond donors (Lipinski definition) is 1. The highest BCUT2D eigenvalue weighted by atomic mass is 35.5. The van der Waals surface area contributed by atoms with E-state index in [2.05, 4.69) is 12.2 Å². The molecule has 1 saturated heterocycles. The molecule has 5 heteroatoms. The van der Waals surface area contributed by atoms with Gasteiger partial charge in [0.1, 0.15) is 0 Å². The minimum absolute atomic E-state index is 0. The molecular weight excluding hydrogens is 271 g/mol. The van der Waals surface area contributed by atoms with Crippen LogP contribution in [0.25, 0.3) is 0 Å². The molecular formula is C13H18Cl2N2O. The van der Waals surface area contributed by atoms with E-state index in [1.54, 1.807) is 6.07 Å². The highest BCUT2D eigenvalue weighted by Crippen LogP contribution is 2.19. The van der Waals surface area contributed by atoms with Crippen molar-refractivity contribution in [1.29, 1.82) is 0 Å². The molecule has 0 spiro atoms. The fraction of sp³-hybridized carbons (Fsp3) is 0.462. The Morgan fingerprint density at radius 2 is 2.22 bits per heavy atom. The van der Waals surface area contributed by atoms with Gasteiger partial charge in [0.25, 0.3) is 5.91 Å².